The lowest BCUT2D eigenvalue weighted by Gasteiger charge is -2.08. The van der Waals surface area contributed by atoms with E-state index >= 15 is 0 Å². The number of hydrogen-bond donors (Lipinski definition) is 0. The molecule has 0 aromatic heterocycles. The van der Waals surface area contributed by atoms with Crippen molar-refractivity contribution < 1.29 is 14.7 Å². The third-order valence-electron chi connectivity index (χ3n) is 1.17. The SMILES string of the molecule is O=[N+]([O-])C1=[N+]([O-])OCCC1. The Hall–Kier alpha value is -1.33. The molecule has 1 aliphatic rings. The van der Waals surface area contributed by atoms with Crippen LogP contribution in [0, 0.1) is 15.3 Å². The quantitative estimate of drug-likeness (QED) is 0.271. The summed E-state index contributed by atoms with van der Waals surface area (Å²) in [6, 6.07) is 0. The highest BCUT2D eigenvalue weighted by molar-refractivity contribution is 5.68. The van der Waals surface area contributed by atoms with Gasteiger partial charge in [0.25, 0.3) is 0 Å². The molecule has 0 aromatic rings. The summed E-state index contributed by atoms with van der Waals surface area (Å²) >= 11 is 0. The average molecular weight is 146 g/mol. The average Bonchev–Trinajstić information content (AvgIpc) is 1.88. The molecule has 0 saturated carbocycles. The molecule has 6 nitrogen and oxygen atoms in total. The van der Waals surface area contributed by atoms with E-state index in [1.165, 1.54) is 0 Å². The molecule has 10 heavy (non-hydrogen) atoms. The Morgan fingerprint density at radius 3 is 2.80 bits per heavy atom. The van der Waals surface area contributed by atoms with Gasteiger partial charge in [-0.15, -0.1) is 0 Å². The molecule has 0 unspecified atom stereocenters. The van der Waals surface area contributed by atoms with Gasteiger partial charge in [0.2, 0.25) is 0 Å². The number of nitrogens with zero attached hydrogens (tertiary/aromatic N) is 2. The van der Waals surface area contributed by atoms with Gasteiger partial charge in [0, 0.05) is 0 Å². The molecule has 0 aromatic carbocycles. The minimum Gasteiger partial charge on any atom is -0.398 e. The van der Waals surface area contributed by atoms with E-state index in [0.717, 1.165) is 0 Å². The van der Waals surface area contributed by atoms with E-state index in [-0.39, 0.29) is 17.9 Å². The normalized spacial score (nSPS) is 18.4. The summed E-state index contributed by atoms with van der Waals surface area (Å²) in [5, 5.41) is 20.5. The molecule has 1 rings (SSSR count). The van der Waals surface area contributed by atoms with Crippen molar-refractivity contribution in [1.82, 2.24) is 0 Å². The first-order valence-corrected chi connectivity index (χ1v) is 2.82. The lowest BCUT2D eigenvalue weighted by molar-refractivity contribution is -0.766. The third kappa shape index (κ3) is 1.15. The first kappa shape index (κ1) is 6.79. The van der Waals surface area contributed by atoms with E-state index in [0.29, 0.717) is 6.42 Å². The van der Waals surface area contributed by atoms with Crippen LogP contribution in [0.1, 0.15) is 12.8 Å². The van der Waals surface area contributed by atoms with E-state index in [1.54, 1.807) is 0 Å². The summed E-state index contributed by atoms with van der Waals surface area (Å²) in [7, 11) is 0. The van der Waals surface area contributed by atoms with Crippen molar-refractivity contribution in [2.24, 2.45) is 0 Å². The van der Waals surface area contributed by atoms with Crippen molar-refractivity contribution in [2.45, 2.75) is 12.8 Å². The van der Waals surface area contributed by atoms with E-state index in [2.05, 4.69) is 4.84 Å². The van der Waals surface area contributed by atoms with E-state index < -0.39 is 10.8 Å². The highest BCUT2D eigenvalue weighted by Crippen LogP contribution is 2.01. The van der Waals surface area contributed by atoms with Crippen molar-refractivity contribution in [2.75, 3.05) is 6.61 Å². The zero-order chi connectivity index (χ0) is 7.56. The van der Waals surface area contributed by atoms with Gasteiger partial charge in [0.05, 0.1) is 6.61 Å². The highest BCUT2D eigenvalue weighted by atomic mass is 16.9. The molecule has 6 heteroatoms. The molecule has 0 amide bonds. The minimum atomic E-state index is -0.716. The summed E-state index contributed by atoms with van der Waals surface area (Å²) in [4.78, 5) is 13.6. The number of rotatable bonds is 0. The number of nitro groups is 1. The van der Waals surface area contributed by atoms with E-state index in [1.807, 2.05) is 0 Å². The Morgan fingerprint density at radius 1 is 1.70 bits per heavy atom. The van der Waals surface area contributed by atoms with Crippen LogP contribution in [0.15, 0.2) is 0 Å². The highest BCUT2D eigenvalue weighted by Gasteiger charge is 2.28. The second-order valence-corrected chi connectivity index (χ2v) is 1.87. The maximum Gasteiger partial charge on any atom is 0.531 e. The number of hydrogen-bond acceptors (Lipinski definition) is 4. The molecular weight excluding hydrogens is 140 g/mol. The Kier molecular flexibility index (Phi) is 1.70. The molecule has 1 heterocycles. The first-order chi connectivity index (χ1) is 4.72. The maximum absolute atomic E-state index is 10.5. The standard InChI is InChI=1S/C4H6N2O4/c7-5(8)4-2-1-3-10-6(4)9/h1-3H2. The summed E-state index contributed by atoms with van der Waals surface area (Å²) in [6.07, 6.45) is 0.728. The van der Waals surface area contributed by atoms with Crippen molar-refractivity contribution >= 4 is 5.84 Å². The maximum atomic E-state index is 10.5. The van der Waals surface area contributed by atoms with Gasteiger partial charge >= 0.3 is 5.84 Å². The fourth-order valence-corrected chi connectivity index (χ4v) is 0.701. The van der Waals surface area contributed by atoms with Crippen LogP contribution in [0.2, 0.25) is 0 Å². The van der Waals surface area contributed by atoms with Gasteiger partial charge in [-0.25, -0.2) is 0 Å². The lowest BCUT2D eigenvalue weighted by atomic mass is 10.3. The summed E-state index contributed by atoms with van der Waals surface area (Å²) in [5.41, 5.74) is 0. The van der Waals surface area contributed by atoms with Crippen LogP contribution in [-0.2, 0) is 4.84 Å². The first-order valence-electron chi connectivity index (χ1n) is 2.82. The van der Waals surface area contributed by atoms with Gasteiger partial charge in [-0.2, -0.15) is 0 Å². The Morgan fingerprint density at radius 2 is 2.40 bits per heavy atom. The van der Waals surface area contributed by atoms with Gasteiger partial charge in [0.1, 0.15) is 16.2 Å². The molecule has 0 fully saturated rings. The smallest absolute Gasteiger partial charge is 0.398 e. The van der Waals surface area contributed by atoms with Gasteiger partial charge in [-0.3, -0.25) is 15.3 Å². The van der Waals surface area contributed by atoms with Crippen LogP contribution < -0.4 is 0 Å². The van der Waals surface area contributed by atoms with Crippen LogP contribution in [-0.4, -0.2) is 22.3 Å². The predicted molar refractivity (Wildman–Crippen MR) is 30.8 cm³/mol. The molecule has 0 atom stereocenters. The molecule has 0 saturated heterocycles. The van der Waals surface area contributed by atoms with Gasteiger partial charge < -0.3 is 4.84 Å². The van der Waals surface area contributed by atoms with Crippen molar-refractivity contribution in [3.05, 3.63) is 15.3 Å². The van der Waals surface area contributed by atoms with Crippen molar-refractivity contribution in [3.63, 3.8) is 0 Å². The van der Waals surface area contributed by atoms with Gasteiger partial charge in [-0.05, 0) is 6.42 Å². The topological polar surface area (TPSA) is 78.4 Å². The van der Waals surface area contributed by atoms with E-state index in [4.69, 9.17) is 0 Å². The lowest BCUT2D eigenvalue weighted by Crippen LogP contribution is -2.28. The largest absolute Gasteiger partial charge is 0.531 e. The van der Waals surface area contributed by atoms with Crippen LogP contribution in [0.25, 0.3) is 0 Å². The number of amidine groups is 1. The molecule has 0 bridgehead atoms. The molecule has 0 N–H and O–H groups in total. The summed E-state index contributed by atoms with van der Waals surface area (Å²) in [5.74, 6) is -0.411. The molecule has 0 aliphatic carbocycles. The Labute approximate surface area is 56.4 Å². The van der Waals surface area contributed by atoms with Gasteiger partial charge in [0.15, 0.2) is 0 Å². The van der Waals surface area contributed by atoms with Crippen LogP contribution in [0.4, 0.5) is 0 Å². The van der Waals surface area contributed by atoms with Crippen LogP contribution >= 0.6 is 0 Å². The molecule has 0 spiro atoms. The molecule has 1 aliphatic heterocycles. The minimum absolute atomic E-state index is 0.0243. The fraction of sp³-hybridized carbons (Fsp3) is 0.750. The Bertz CT molecular complexity index is 188. The second kappa shape index (κ2) is 2.51. The summed E-state index contributed by atoms with van der Waals surface area (Å²) in [6.45, 7) is 0.265. The molecular formula is C4H6N2O4. The third-order valence-corrected chi connectivity index (χ3v) is 1.17. The fourth-order valence-electron chi connectivity index (χ4n) is 0.701. The van der Waals surface area contributed by atoms with Crippen molar-refractivity contribution in [1.29, 1.82) is 0 Å². The zero-order valence-corrected chi connectivity index (χ0v) is 5.15. The summed E-state index contributed by atoms with van der Waals surface area (Å²) < 4.78 is 0. The molecule has 0 radical (unpaired) electrons. The van der Waals surface area contributed by atoms with Gasteiger partial charge in [-0.1, -0.05) is 0 Å². The Balaban J connectivity index is 2.78. The van der Waals surface area contributed by atoms with Crippen LogP contribution in [0.3, 0.4) is 0 Å². The monoisotopic (exact) mass is 146 g/mol. The second-order valence-electron chi connectivity index (χ2n) is 1.87. The molecule has 56 valence electrons. The van der Waals surface area contributed by atoms with E-state index in [9.17, 15) is 15.3 Å². The zero-order valence-electron chi connectivity index (χ0n) is 5.15. The van der Waals surface area contributed by atoms with Crippen molar-refractivity contribution in [3.8, 4) is 0 Å². The van der Waals surface area contributed by atoms with Crippen LogP contribution in [0.5, 0.6) is 0 Å². The predicted octanol–water partition coefficient (Wildman–Crippen LogP) is -0.103.